The lowest BCUT2D eigenvalue weighted by Crippen LogP contribution is -2.18. The van der Waals surface area contributed by atoms with E-state index in [-0.39, 0.29) is 0 Å². The van der Waals surface area contributed by atoms with E-state index in [2.05, 4.69) is 44.5 Å². The third kappa shape index (κ3) is 3.86. The Morgan fingerprint density at radius 3 is 3.05 bits per heavy atom. The van der Waals surface area contributed by atoms with Gasteiger partial charge in [0.05, 0.1) is 24.2 Å². The summed E-state index contributed by atoms with van der Waals surface area (Å²) in [5.74, 6) is 0. The molecular formula is C13H17BrN4O. The van der Waals surface area contributed by atoms with Crippen molar-refractivity contribution in [1.82, 2.24) is 20.3 Å². The fourth-order valence-electron chi connectivity index (χ4n) is 1.72. The molecule has 0 saturated heterocycles. The molecule has 0 aliphatic heterocycles. The summed E-state index contributed by atoms with van der Waals surface area (Å²) in [6, 6.07) is 6.10. The fourth-order valence-corrected chi connectivity index (χ4v) is 2.07. The molecule has 0 amide bonds. The summed E-state index contributed by atoms with van der Waals surface area (Å²) in [5.41, 5.74) is 3.10. The molecule has 0 aliphatic rings. The van der Waals surface area contributed by atoms with E-state index in [1.165, 1.54) is 0 Å². The normalized spacial score (nSPS) is 10.9. The average molecular weight is 325 g/mol. The van der Waals surface area contributed by atoms with Crippen molar-refractivity contribution in [3.05, 3.63) is 40.1 Å². The first-order chi connectivity index (χ1) is 9.20. The summed E-state index contributed by atoms with van der Waals surface area (Å²) in [5, 5.41) is 11.6. The Bertz CT molecular complexity index is 541. The van der Waals surface area contributed by atoms with Crippen LogP contribution in [0.1, 0.15) is 11.3 Å². The van der Waals surface area contributed by atoms with Crippen LogP contribution in [0.25, 0.3) is 5.69 Å². The minimum absolute atomic E-state index is 0.691. The number of nitrogens with one attached hydrogen (secondary N) is 1. The van der Waals surface area contributed by atoms with Crippen molar-refractivity contribution in [2.24, 2.45) is 0 Å². The van der Waals surface area contributed by atoms with Crippen LogP contribution < -0.4 is 5.32 Å². The molecule has 0 saturated carbocycles. The van der Waals surface area contributed by atoms with Crippen molar-refractivity contribution in [2.75, 3.05) is 20.3 Å². The SMILES string of the molecule is COCCNCc1cn(-c2cc(Br)ccc2C)nn1. The molecule has 2 rings (SSSR count). The smallest absolute Gasteiger partial charge is 0.0969 e. The van der Waals surface area contributed by atoms with Crippen molar-refractivity contribution < 1.29 is 4.74 Å². The Labute approximate surface area is 121 Å². The standard InChI is InChI=1S/C13H17BrN4O/c1-10-3-4-11(14)7-13(10)18-9-12(16-17-18)8-15-5-6-19-2/h3-4,7,9,15H,5-6,8H2,1-2H3. The van der Waals surface area contributed by atoms with Gasteiger partial charge in [0.15, 0.2) is 0 Å². The molecule has 0 aliphatic carbocycles. The minimum atomic E-state index is 0.691. The minimum Gasteiger partial charge on any atom is -0.383 e. The van der Waals surface area contributed by atoms with Crippen LogP contribution in [0.2, 0.25) is 0 Å². The first-order valence-electron chi connectivity index (χ1n) is 6.08. The highest BCUT2D eigenvalue weighted by Crippen LogP contribution is 2.19. The van der Waals surface area contributed by atoms with E-state index in [4.69, 9.17) is 4.74 Å². The molecule has 0 radical (unpaired) electrons. The molecular weight excluding hydrogens is 308 g/mol. The molecule has 19 heavy (non-hydrogen) atoms. The quantitative estimate of drug-likeness (QED) is 0.826. The van der Waals surface area contributed by atoms with Crippen LogP contribution in [0.5, 0.6) is 0 Å². The zero-order chi connectivity index (χ0) is 13.7. The predicted molar refractivity (Wildman–Crippen MR) is 77.4 cm³/mol. The van der Waals surface area contributed by atoms with Crippen LogP contribution in [0.3, 0.4) is 0 Å². The van der Waals surface area contributed by atoms with Crippen LogP contribution in [-0.2, 0) is 11.3 Å². The molecule has 1 N–H and O–H groups in total. The van der Waals surface area contributed by atoms with E-state index in [1.54, 1.807) is 11.8 Å². The highest BCUT2D eigenvalue weighted by Gasteiger charge is 2.05. The van der Waals surface area contributed by atoms with Crippen molar-refractivity contribution in [3.63, 3.8) is 0 Å². The Morgan fingerprint density at radius 2 is 2.26 bits per heavy atom. The molecule has 0 unspecified atom stereocenters. The number of hydrogen-bond acceptors (Lipinski definition) is 4. The van der Waals surface area contributed by atoms with Gasteiger partial charge in [0.2, 0.25) is 0 Å². The Kier molecular flexibility index (Phi) is 5.07. The van der Waals surface area contributed by atoms with Gasteiger partial charge in [-0.3, -0.25) is 0 Å². The lowest BCUT2D eigenvalue weighted by atomic mass is 10.2. The lowest BCUT2D eigenvalue weighted by molar-refractivity contribution is 0.199. The van der Waals surface area contributed by atoms with Crippen molar-refractivity contribution in [1.29, 1.82) is 0 Å². The summed E-state index contributed by atoms with van der Waals surface area (Å²) < 4.78 is 7.80. The van der Waals surface area contributed by atoms with Gasteiger partial charge < -0.3 is 10.1 Å². The van der Waals surface area contributed by atoms with E-state index >= 15 is 0 Å². The zero-order valence-corrected chi connectivity index (χ0v) is 12.6. The number of aromatic nitrogens is 3. The van der Waals surface area contributed by atoms with Gasteiger partial charge in [-0.25, -0.2) is 4.68 Å². The number of methoxy groups -OCH3 is 1. The van der Waals surface area contributed by atoms with Crippen LogP contribution >= 0.6 is 15.9 Å². The monoisotopic (exact) mass is 324 g/mol. The number of halogens is 1. The second kappa shape index (κ2) is 6.79. The van der Waals surface area contributed by atoms with E-state index < -0.39 is 0 Å². The fraction of sp³-hybridized carbons (Fsp3) is 0.385. The average Bonchev–Trinajstić information content (AvgIpc) is 2.86. The molecule has 0 atom stereocenters. The Hall–Kier alpha value is -1.24. The zero-order valence-electron chi connectivity index (χ0n) is 11.1. The van der Waals surface area contributed by atoms with Crippen LogP contribution in [-0.4, -0.2) is 35.3 Å². The van der Waals surface area contributed by atoms with Gasteiger partial charge in [-0.1, -0.05) is 27.2 Å². The van der Waals surface area contributed by atoms with Gasteiger partial charge in [0, 0.05) is 24.7 Å². The summed E-state index contributed by atoms with van der Waals surface area (Å²) in [6.45, 7) is 4.24. The number of ether oxygens (including phenoxy) is 1. The molecule has 1 aromatic heterocycles. The number of hydrogen-bond donors (Lipinski definition) is 1. The maximum Gasteiger partial charge on any atom is 0.0969 e. The summed E-state index contributed by atoms with van der Waals surface area (Å²) in [6.07, 6.45) is 1.94. The van der Waals surface area contributed by atoms with Gasteiger partial charge in [-0.05, 0) is 24.6 Å². The van der Waals surface area contributed by atoms with Crippen molar-refractivity contribution in [2.45, 2.75) is 13.5 Å². The highest BCUT2D eigenvalue weighted by molar-refractivity contribution is 9.10. The molecule has 5 nitrogen and oxygen atoms in total. The molecule has 1 heterocycles. The van der Waals surface area contributed by atoms with Gasteiger partial charge in [-0.2, -0.15) is 0 Å². The maximum atomic E-state index is 4.97. The molecule has 0 spiro atoms. The van der Waals surface area contributed by atoms with Gasteiger partial charge in [0.1, 0.15) is 0 Å². The first-order valence-corrected chi connectivity index (χ1v) is 6.87. The van der Waals surface area contributed by atoms with Gasteiger partial charge in [-0.15, -0.1) is 5.10 Å². The topological polar surface area (TPSA) is 52.0 Å². The Morgan fingerprint density at radius 1 is 1.42 bits per heavy atom. The third-order valence-electron chi connectivity index (χ3n) is 2.75. The van der Waals surface area contributed by atoms with E-state index in [0.717, 1.165) is 28.0 Å². The van der Waals surface area contributed by atoms with E-state index in [0.29, 0.717) is 13.2 Å². The third-order valence-corrected chi connectivity index (χ3v) is 3.24. The van der Waals surface area contributed by atoms with Gasteiger partial charge in [0.25, 0.3) is 0 Å². The molecule has 0 bridgehead atoms. The Balaban J connectivity index is 2.06. The molecule has 102 valence electrons. The molecule has 0 fully saturated rings. The first kappa shape index (κ1) is 14.2. The number of nitrogens with zero attached hydrogens (tertiary/aromatic N) is 3. The summed E-state index contributed by atoms with van der Waals surface area (Å²) >= 11 is 3.47. The molecule has 2 aromatic rings. The van der Waals surface area contributed by atoms with Crippen LogP contribution in [0.4, 0.5) is 0 Å². The predicted octanol–water partition coefficient (Wildman–Crippen LogP) is 2.07. The molecule has 6 heteroatoms. The van der Waals surface area contributed by atoms with E-state index in [9.17, 15) is 0 Å². The second-order valence-corrected chi connectivity index (χ2v) is 5.17. The van der Waals surface area contributed by atoms with E-state index in [1.807, 2.05) is 18.3 Å². The van der Waals surface area contributed by atoms with Crippen LogP contribution in [0, 0.1) is 6.92 Å². The highest BCUT2D eigenvalue weighted by atomic mass is 79.9. The molecule has 1 aromatic carbocycles. The second-order valence-electron chi connectivity index (χ2n) is 4.25. The summed E-state index contributed by atoms with van der Waals surface area (Å²) in [4.78, 5) is 0. The van der Waals surface area contributed by atoms with Crippen LogP contribution in [0.15, 0.2) is 28.9 Å². The van der Waals surface area contributed by atoms with Crippen molar-refractivity contribution >= 4 is 15.9 Å². The summed E-state index contributed by atoms with van der Waals surface area (Å²) in [7, 11) is 1.69. The van der Waals surface area contributed by atoms with Crippen molar-refractivity contribution in [3.8, 4) is 5.69 Å². The number of aryl methyl sites for hydroxylation is 1. The largest absolute Gasteiger partial charge is 0.383 e. The number of benzene rings is 1. The number of rotatable bonds is 6. The maximum absolute atomic E-state index is 4.97. The van der Waals surface area contributed by atoms with Gasteiger partial charge >= 0.3 is 0 Å². The lowest BCUT2D eigenvalue weighted by Gasteiger charge is -2.05.